The summed E-state index contributed by atoms with van der Waals surface area (Å²) in [5.41, 5.74) is 1.05. The molecular weight excluding hydrogens is 316 g/mol. The minimum atomic E-state index is 0.0484. The van der Waals surface area contributed by atoms with Crippen LogP contribution in [0.2, 0.25) is 0 Å². The van der Waals surface area contributed by atoms with E-state index in [2.05, 4.69) is 16.4 Å². The molecule has 3 atom stereocenters. The fourth-order valence-corrected chi connectivity index (χ4v) is 3.72. The van der Waals surface area contributed by atoms with E-state index in [0.29, 0.717) is 12.6 Å². The number of anilines is 2. The summed E-state index contributed by atoms with van der Waals surface area (Å²) in [6.45, 7) is 4.41. The highest BCUT2D eigenvalue weighted by Crippen LogP contribution is 2.25. The van der Waals surface area contributed by atoms with Gasteiger partial charge in [-0.05, 0) is 44.7 Å². The maximum Gasteiger partial charge on any atom is 0.228 e. The lowest BCUT2D eigenvalue weighted by molar-refractivity contribution is -0.136. The average molecular weight is 346 g/mol. The van der Waals surface area contributed by atoms with Gasteiger partial charge in [0.1, 0.15) is 5.82 Å². The zero-order valence-corrected chi connectivity index (χ0v) is 15.6. The third-order valence-electron chi connectivity index (χ3n) is 5.31. The number of carbonyl (C=O) groups is 1. The number of aromatic nitrogens is 1. The lowest BCUT2D eigenvalue weighted by atomic mass is 10.0. The third-order valence-corrected chi connectivity index (χ3v) is 5.31. The molecule has 2 saturated heterocycles. The second kappa shape index (κ2) is 8.04. The van der Waals surface area contributed by atoms with Crippen molar-refractivity contribution in [3.63, 3.8) is 0 Å². The minimum Gasteiger partial charge on any atom is -0.381 e. The van der Waals surface area contributed by atoms with Gasteiger partial charge in [-0.2, -0.15) is 0 Å². The van der Waals surface area contributed by atoms with Gasteiger partial charge in [0.15, 0.2) is 0 Å². The van der Waals surface area contributed by atoms with Crippen LogP contribution in [0.25, 0.3) is 0 Å². The number of ether oxygens (including phenoxy) is 1. The van der Waals surface area contributed by atoms with Crippen LogP contribution in [0.1, 0.15) is 32.6 Å². The summed E-state index contributed by atoms with van der Waals surface area (Å²) in [7, 11) is 3.98. The first-order chi connectivity index (χ1) is 12.0. The predicted molar refractivity (Wildman–Crippen MR) is 99.9 cm³/mol. The Bertz CT molecular complexity index is 575. The summed E-state index contributed by atoms with van der Waals surface area (Å²) in [5.74, 6) is 1.28. The summed E-state index contributed by atoms with van der Waals surface area (Å²) < 4.78 is 5.56. The standard InChI is InChI=1S/C19H30N4O2/c1-14-17(9-12-25-14)19(24)23-10-4-5-15(8-11-23)21-16-6-7-18(20-13-16)22(2)3/h6-7,13-15,17,21H,4-5,8-12H2,1-3H3/t14-,15-,17-/m0/s1. The van der Waals surface area contributed by atoms with Gasteiger partial charge in [0.2, 0.25) is 5.91 Å². The fourth-order valence-electron chi connectivity index (χ4n) is 3.72. The molecule has 1 aromatic heterocycles. The molecule has 1 aromatic rings. The van der Waals surface area contributed by atoms with E-state index in [1.54, 1.807) is 0 Å². The van der Waals surface area contributed by atoms with Gasteiger partial charge in [-0.15, -0.1) is 0 Å². The Morgan fingerprint density at radius 2 is 2.12 bits per heavy atom. The number of carbonyl (C=O) groups excluding carboxylic acids is 1. The topological polar surface area (TPSA) is 57.7 Å². The van der Waals surface area contributed by atoms with E-state index in [1.165, 1.54) is 0 Å². The maximum atomic E-state index is 12.7. The van der Waals surface area contributed by atoms with Crippen LogP contribution in [0.15, 0.2) is 18.3 Å². The number of nitrogens with zero attached hydrogens (tertiary/aromatic N) is 3. The van der Waals surface area contributed by atoms with Crippen LogP contribution in [0, 0.1) is 5.92 Å². The molecule has 138 valence electrons. The number of hydrogen-bond donors (Lipinski definition) is 1. The molecule has 2 aliphatic rings. The Kier molecular flexibility index (Phi) is 5.78. The molecule has 2 fully saturated rings. The van der Waals surface area contributed by atoms with Crippen LogP contribution in [0.5, 0.6) is 0 Å². The highest BCUT2D eigenvalue weighted by atomic mass is 16.5. The lowest BCUT2D eigenvalue weighted by Crippen LogP contribution is -2.39. The van der Waals surface area contributed by atoms with E-state index in [1.807, 2.05) is 43.1 Å². The van der Waals surface area contributed by atoms with Gasteiger partial charge in [-0.1, -0.05) is 0 Å². The van der Waals surface area contributed by atoms with E-state index in [0.717, 1.165) is 50.3 Å². The van der Waals surface area contributed by atoms with Crippen LogP contribution >= 0.6 is 0 Å². The minimum absolute atomic E-state index is 0.0484. The molecule has 0 unspecified atom stereocenters. The first-order valence-corrected chi connectivity index (χ1v) is 9.35. The number of pyridine rings is 1. The Hall–Kier alpha value is -1.82. The van der Waals surface area contributed by atoms with Crippen molar-refractivity contribution >= 4 is 17.4 Å². The van der Waals surface area contributed by atoms with Crippen molar-refractivity contribution < 1.29 is 9.53 Å². The molecule has 6 nitrogen and oxygen atoms in total. The first kappa shape index (κ1) is 18.0. The van der Waals surface area contributed by atoms with E-state index in [4.69, 9.17) is 4.74 Å². The summed E-state index contributed by atoms with van der Waals surface area (Å²) in [6.07, 6.45) is 5.90. The molecular formula is C19H30N4O2. The van der Waals surface area contributed by atoms with Gasteiger partial charge in [0.25, 0.3) is 0 Å². The van der Waals surface area contributed by atoms with Crippen molar-refractivity contribution in [3.8, 4) is 0 Å². The lowest BCUT2D eigenvalue weighted by Gasteiger charge is -2.25. The SMILES string of the molecule is C[C@@H]1OCC[C@@H]1C(=O)N1CCC[C@H](Nc2ccc(N(C)C)nc2)CC1. The van der Waals surface area contributed by atoms with Gasteiger partial charge in [-0.3, -0.25) is 4.79 Å². The van der Waals surface area contributed by atoms with Crippen molar-refractivity contribution in [2.45, 2.75) is 44.8 Å². The van der Waals surface area contributed by atoms with Crippen LogP contribution in [-0.2, 0) is 9.53 Å². The molecule has 0 bridgehead atoms. The van der Waals surface area contributed by atoms with E-state index >= 15 is 0 Å². The van der Waals surface area contributed by atoms with Crippen LogP contribution < -0.4 is 10.2 Å². The Morgan fingerprint density at radius 3 is 2.76 bits per heavy atom. The van der Waals surface area contributed by atoms with Crippen molar-refractivity contribution in [2.24, 2.45) is 5.92 Å². The average Bonchev–Trinajstić information content (AvgIpc) is 2.89. The van der Waals surface area contributed by atoms with Gasteiger partial charge >= 0.3 is 0 Å². The zero-order valence-electron chi connectivity index (χ0n) is 15.6. The van der Waals surface area contributed by atoms with Gasteiger partial charge in [-0.25, -0.2) is 4.98 Å². The number of likely N-dealkylation sites (tertiary alicyclic amines) is 1. The molecule has 0 aliphatic carbocycles. The zero-order chi connectivity index (χ0) is 17.8. The summed E-state index contributed by atoms with van der Waals surface area (Å²) in [4.78, 5) is 21.2. The van der Waals surface area contributed by atoms with E-state index in [-0.39, 0.29) is 17.9 Å². The third kappa shape index (κ3) is 4.42. The second-order valence-corrected chi connectivity index (χ2v) is 7.37. The van der Waals surface area contributed by atoms with Crippen molar-refractivity contribution in [1.82, 2.24) is 9.88 Å². The highest BCUT2D eigenvalue weighted by Gasteiger charge is 2.34. The molecule has 1 N–H and O–H groups in total. The number of amides is 1. The first-order valence-electron chi connectivity index (χ1n) is 9.35. The van der Waals surface area contributed by atoms with Crippen molar-refractivity contribution in [1.29, 1.82) is 0 Å². The number of rotatable bonds is 4. The summed E-state index contributed by atoms with van der Waals surface area (Å²) in [5, 5.41) is 3.58. The molecule has 0 saturated carbocycles. The molecule has 2 aliphatic heterocycles. The second-order valence-electron chi connectivity index (χ2n) is 7.37. The molecule has 6 heteroatoms. The molecule has 25 heavy (non-hydrogen) atoms. The van der Waals surface area contributed by atoms with E-state index in [9.17, 15) is 4.79 Å². The molecule has 0 spiro atoms. The Labute approximate surface area is 150 Å². The van der Waals surface area contributed by atoms with Gasteiger partial charge in [0, 0.05) is 39.8 Å². The number of hydrogen-bond acceptors (Lipinski definition) is 5. The van der Waals surface area contributed by atoms with Gasteiger partial charge in [0.05, 0.1) is 23.9 Å². The largest absolute Gasteiger partial charge is 0.381 e. The van der Waals surface area contributed by atoms with E-state index < -0.39 is 0 Å². The molecule has 3 heterocycles. The van der Waals surface area contributed by atoms with Crippen LogP contribution in [0.4, 0.5) is 11.5 Å². The van der Waals surface area contributed by atoms with Crippen LogP contribution in [-0.4, -0.2) is 61.7 Å². The van der Waals surface area contributed by atoms with Crippen molar-refractivity contribution in [3.05, 3.63) is 18.3 Å². The Balaban J connectivity index is 1.53. The van der Waals surface area contributed by atoms with Gasteiger partial charge < -0.3 is 19.9 Å². The quantitative estimate of drug-likeness (QED) is 0.907. The molecule has 0 radical (unpaired) electrons. The maximum absolute atomic E-state index is 12.7. The molecule has 1 amide bonds. The van der Waals surface area contributed by atoms with Crippen molar-refractivity contribution in [2.75, 3.05) is 44.0 Å². The smallest absolute Gasteiger partial charge is 0.228 e. The Morgan fingerprint density at radius 1 is 1.28 bits per heavy atom. The highest BCUT2D eigenvalue weighted by molar-refractivity contribution is 5.79. The summed E-state index contributed by atoms with van der Waals surface area (Å²) in [6, 6.07) is 4.49. The molecule has 3 rings (SSSR count). The molecule has 0 aromatic carbocycles. The monoisotopic (exact) mass is 346 g/mol. The van der Waals surface area contributed by atoms with Crippen LogP contribution in [0.3, 0.4) is 0 Å². The summed E-state index contributed by atoms with van der Waals surface area (Å²) >= 11 is 0. The normalized spacial score (nSPS) is 27.0. The predicted octanol–water partition coefficient (Wildman–Crippen LogP) is 2.37. The number of nitrogens with one attached hydrogen (secondary N) is 1. The fraction of sp³-hybridized carbons (Fsp3) is 0.684.